The second-order valence-corrected chi connectivity index (χ2v) is 8.78. The highest BCUT2D eigenvalue weighted by atomic mass is 35.6. The molecule has 122 valence electrons. The third-order valence-electron chi connectivity index (χ3n) is 2.08. The molecule has 2 N–H and O–H groups in total. The minimum Gasteiger partial charge on any atom is -0.474 e. The van der Waals surface area contributed by atoms with Crippen molar-refractivity contribution < 1.29 is 9.47 Å². The molecule has 0 bridgehead atoms. The number of alkyl halides is 6. The average Bonchev–Trinajstić information content (AvgIpc) is 2.29. The van der Waals surface area contributed by atoms with E-state index in [9.17, 15) is 0 Å². The van der Waals surface area contributed by atoms with Gasteiger partial charge in [-0.1, -0.05) is 83.5 Å². The van der Waals surface area contributed by atoms with E-state index in [0.717, 1.165) is 0 Å². The molecule has 0 aromatic carbocycles. The van der Waals surface area contributed by atoms with Crippen LogP contribution in [0.25, 0.3) is 0 Å². The first-order valence-electron chi connectivity index (χ1n) is 5.63. The van der Waals surface area contributed by atoms with Gasteiger partial charge < -0.3 is 9.47 Å². The maximum atomic E-state index is 7.52. The molecular formula is C11H14Cl6N2O2. The molecule has 0 radical (unpaired) electrons. The molecule has 21 heavy (non-hydrogen) atoms. The lowest BCUT2D eigenvalue weighted by Gasteiger charge is -2.22. The summed E-state index contributed by atoms with van der Waals surface area (Å²) in [5.74, 6) is -0.958. The van der Waals surface area contributed by atoms with E-state index >= 15 is 0 Å². The fourth-order valence-electron chi connectivity index (χ4n) is 1.00. The van der Waals surface area contributed by atoms with Gasteiger partial charge in [-0.25, -0.2) is 0 Å². The zero-order valence-electron chi connectivity index (χ0n) is 11.1. The van der Waals surface area contributed by atoms with Gasteiger partial charge in [0.2, 0.25) is 11.8 Å². The number of hydrogen-bond acceptors (Lipinski definition) is 4. The lowest BCUT2D eigenvalue weighted by molar-refractivity contribution is 0.178. The predicted molar refractivity (Wildman–Crippen MR) is 90.8 cm³/mol. The Bertz CT molecular complexity index is 400. The maximum absolute atomic E-state index is 7.52. The monoisotopic (exact) mass is 416 g/mol. The molecule has 0 aliphatic carbocycles. The molecule has 1 atom stereocenters. The second kappa shape index (κ2) is 8.90. The fraction of sp³-hybridized carbons (Fsp3) is 0.636. The average molecular weight is 419 g/mol. The van der Waals surface area contributed by atoms with Crippen LogP contribution in [-0.4, -0.2) is 32.1 Å². The first-order chi connectivity index (χ1) is 9.35. The fourth-order valence-corrected chi connectivity index (χ4v) is 1.30. The van der Waals surface area contributed by atoms with Crippen molar-refractivity contribution in [1.82, 2.24) is 0 Å². The number of halogens is 6. The first kappa shape index (κ1) is 21.4. The molecule has 0 saturated carbocycles. The predicted octanol–water partition coefficient (Wildman–Crippen LogP) is 5.30. The van der Waals surface area contributed by atoms with Gasteiger partial charge in [0.05, 0.1) is 0 Å². The van der Waals surface area contributed by atoms with Gasteiger partial charge in [-0.05, 0) is 18.1 Å². The summed E-state index contributed by atoms with van der Waals surface area (Å²) in [6.45, 7) is 3.73. The quantitative estimate of drug-likeness (QED) is 0.275. The molecule has 10 heteroatoms. The lowest BCUT2D eigenvalue weighted by atomic mass is 10.1. The molecule has 0 aliphatic heterocycles. The normalized spacial score (nSPS) is 14.3. The Labute approximate surface area is 153 Å². The first-order valence-corrected chi connectivity index (χ1v) is 7.90. The summed E-state index contributed by atoms with van der Waals surface area (Å²) in [6, 6.07) is 0. The van der Waals surface area contributed by atoms with Crippen molar-refractivity contribution in [2.45, 2.75) is 27.5 Å². The van der Waals surface area contributed by atoms with E-state index in [4.69, 9.17) is 89.9 Å². The van der Waals surface area contributed by atoms with Crippen molar-refractivity contribution in [1.29, 1.82) is 10.8 Å². The molecule has 1 unspecified atom stereocenters. The van der Waals surface area contributed by atoms with Crippen molar-refractivity contribution in [3.8, 4) is 0 Å². The topological polar surface area (TPSA) is 66.2 Å². The smallest absolute Gasteiger partial charge is 0.265 e. The largest absolute Gasteiger partial charge is 0.474 e. The van der Waals surface area contributed by atoms with E-state index in [1.165, 1.54) is 0 Å². The highest BCUT2D eigenvalue weighted by Crippen LogP contribution is 2.29. The van der Waals surface area contributed by atoms with E-state index in [0.29, 0.717) is 0 Å². The summed E-state index contributed by atoms with van der Waals surface area (Å²) in [4.78, 5) is 0. The molecule has 0 fully saturated rings. The summed E-state index contributed by atoms with van der Waals surface area (Å²) in [6.07, 6.45) is 2.67. The van der Waals surface area contributed by atoms with Gasteiger partial charge in [-0.15, -0.1) is 0 Å². The number of ether oxygens (including phenoxy) is 2. The zero-order chi connectivity index (χ0) is 16.8. The van der Waals surface area contributed by atoms with Crippen molar-refractivity contribution in [2.24, 2.45) is 5.92 Å². The van der Waals surface area contributed by atoms with E-state index in [-0.39, 0.29) is 12.5 Å². The van der Waals surface area contributed by atoms with Crippen molar-refractivity contribution in [3.05, 3.63) is 12.2 Å². The third-order valence-corrected chi connectivity index (χ3v) is 3.11. The van der Waals surface area contributed by atoms with Crippen LogP contribution in [0.1, 0.15) is 13.8 Å². The molecule has 0 heterocycles. The van der Waals surface area contributed by atoms with Crippen LogP contribution >= 0.6 is 69.6 Å². The number of hydrogen-bond donors (Lipinski definition) is 2. The molecule has 0 aliphatic rings. The van der Waals surface area contributed by atoms with Gasteiger partial charge in [0.1, 0.15) is 12.7 Å². The van der Waals surface area contributed by atoms with Crippen LogP contribution in [-0.2, 0) is 9.47 Å². The lowest BCUT2D eigenvalue weighted by Crippen LogP contribution is -2.29. The summed E-state index contributed by atoms with van der Waals surface area (Å²) in [7, 11) is 0. The number of nitrogens with one attached hydrogen (secondary N) is 2. The van der Waals surface area contributed by atoms with E-state index in [1.807, 2.05) is 13.8 Å². The standard InChI is InChI=1S/C11H14Cl6N2O2/c1-6(2)7(21-9(19)11(15,16)17)4-3-5-20-8(18)10(12,13)14/h3-4,6-7,18-19H,5H2,1-2H3/b4-3-,18-8?,19-9?. The van der Waals surface area contributed by atoms with Crippen molar-refractivity contribution >= 4 is 81.4 Å². The molecule has 0 amide bonds. The van der Waals surface area contributed by atoms with Gasteiger partial charge in [0.25, 0.3) is 7.59 Å². The van der Waals surface area contributed by atoms with Crippen LogP contribution in [0.3, 0.4) is 0 Å². The highest BCUT2D eigenvalue weighted by Gasteiger charge is 2.31. The van der Waals surface area contributed by atoms with E-state index in [1.54, 1.807) is 12.2 Å². The van der Waals surface area contributed by atoms with Gasteiger partial charge in [-0.2, -0.15) is 0 Å². The minimum absolute atomic E-state index is 0.000421. The molecule has 0 aromatic heterocycles. The van der Waals surface area contributed by atoms with Crippen LogP contribution < -0.4 is 0 Å². The number of rotatable bonds is 5. The SMILES string of the molecule is CC(C)C(/C=C\COC(=N)C(Cl)(Cl)Cl)OC(=N)C(Cl)(Cl)Cl. The van der Waals surface area contributed by atoms with Crippen LogP contribution in [0.15, 0.2) is 12.2 Å². The van der Waals surface area contributed by atoms with Gasteiger partial charge in [-0.3, -0.25) is 10.8 Å². The van der Waals surface area contributed by atoms with Crippen LogP contribution in [0.5, 0.6) is 0 Å². The Morgan fingerprint density at radius 2 is 1.48 bits per heavy atom. The van der Waals surface area contributed by atoms with Crippen molar-refractivity contribution in [2.75, 3.05) is 6.61 Å². The van der Waals surface area contributed by atoms with Crippen molar-refractivity contribution in [3.63, 3.8) is 0 Å². The molecule has 0 rings (SSSR count). The van der Waals surface area contributed by atoms with Gasteiger partial charge in [0, 0.05) is 0 Å². The summed E-state index contributed by atoms with van der Waals surface area (Å²) in [5, 5.41) is 14.9. The molecule has 0 spiro atoms. The van der Waals surface area contributed by atoms with E-state index in [2.05, 4.69) is 0 Å². The molecular weight excluding hydrogens is 405 g/mol. The highest BCUT2D eigenvalue weighted by molar-refractivity contribution is 6.76. The third kappa shape index (κ3) is 9.22. The maximum Gasteiger partial charge on any atom is 0.265 e. The minimum atomic E-state index is -1.92. The molecule has 0 aromatic rings. The van der Waals surface area contributed by atoms with Gasteiger partial charge >= 0.3 is 0 Å². The molecule has 0 saturated heterocycles. The zero-order valence-corrected chi connectivity index (χ0v) is 15.6. The Balaban J connectivity index is 4.50. The Hall–Kier alpha value is 0.420. The van der Waals surface area contributed by atoms with Crippen LogP contribution in [0.2, 0.25) is 0 Å². The van der Waals surface area contributed by atoms with E-state index < -0.39 is 25.5 Å². The summed E-state index contributed by atoms with van der Waals surface area (Å²) in [5.41, 5.74) is 0. The summed E-state index contributed by atoms with van der Waals surface area (Å²) >= 11 is 33.0. The Kier molecular flexibility index (Phi) is 9.08. The Morgan fingerprint density at radius 3 is 1.86 bits per heavy atom. The molecule has 4 nitrogen and oxygen atoms in total. The Morgan fingerprint density at radius 1 is 1.00 bits per heavy atom. The van der Waals surface area contributed by atoms with Gasteiger partial charge in [0.15, 0.2) is 0 Å². The second-order valence-electron chi connectivity index (χ2n) is 4.22. The van der Waals surface area contributed by atoms with Crippen LogP contribution in [0, 0.1) is 16.7 Å². The van der Waals surface area contributed by atoms with Crippen LogP contribution in [0.4, 0.5) is 0 Å². The summed E-state index contributed by atoms with van der Waals surface area (Å²) < 4.78 is 6.36.